The van der Waals surface area contributed by atoms with Gasteiger partial charge in [-0.1, -0.05) is 60.7 Å². The molecule has 19 heavy (non-hydrogen) atoms. The average molecular weight is 253 g/mol. The van der Waals surface area contributed by atoms with Crippen LogP contribution in [-0.4, -0.2) is 16.8 Å². The van der Waals surface area contributed by atoms with E-state index < -0.39 is 5.97 Å². The number of benzene rings is 2. The molecule has 0 aliphatic carbocycles. The highest BCUT2D eigenvalue weighted by Crippen LogP contribution is 2.17. The normalized spacial score (nSPS) is 13.0. The van der Waals surface area contributed by atoms with Crippen molar-refractivity contribution >= 4 is 11.7 Å². The number of carbonyl (C=O) groups is 1. The molecule has 1 N–H and O–H groups in total. The van der Waals surface area contributed by atoms with Gasteiger partial charge in [-0.05, 0) is 12.5 Å². The van der Waals surface area contributed by atoms with E-state index in [1.165, 1.54) is 0 Å². The highest BCUT2D eigenvalue weighted by molar-refractivity contribution is 6.42. The molecule has 0 saturated carbocycles. The van der Waals surface area contributed by atoms with Crippen molar-refractivity contribution in [2.24, 2.45) is 4.99 Å². The van der Waals surface area contributed by atoms with Crippen LogP contribution in [0, 0.1) is 0 Å². The topological polar surface area (TPSA) is 49.7 Å². The molecular formula is C16H15NO2. The van der Waals surface area contributed by atoms with Crippen molar-refractivity contribution in [1.82, 2.24) is 0 Å². The zero-order valence-electron chi connectivity index (χ0n) is 10.7. The van der Waals surface area contributed by atoms with Crippen LogP contribution in [0.4, 0.5) is 0 Å². The summed E-state index contributed by atoms with van der Waals surface area (Å²) in [5.41, 5.74) is 1.71. The predicted octanol–water partition coefficient (Wildman–Crippen LogP) is 3.32. The second-order valence-corrected chi connectivity index (χ2v) is 4.24. The zero-order valence-corrected chi connectivity index (χ0v) is 10.7. The number of carboxylic acid groups (broad SMARTS) is 1. The standard InChI is InChI=1S/C16H15NO2/c1-12(13-8-4-2-5-9-13)17-15(16(18)19)14-10-6-3-7-11-14/h2-12H,1H3,(H,18,19)/t12-/m1/s1. The highest BCUT2D eigenvalue weighted by atomic mass is 16.4. The molecule has 0 heterocycles. The van der Waals surface area contributed by atoms with Gasteiger partial charge in [-0.15, -0.1) is 0 Å². The summed E-state index contributed by atoms with van der Waals surface area (Å²) in [6.45, 7) is 1.89. The first-order chi connectivity index (χ1) is 9.18. The second kappa shape index (κ2) is 5.96. The van der Waals surface area contributed by atoms with Crippen LogP contribution < -0.4 is 0 Å². The quantitative estimate of drug-likeness (QED) is 0.850. The van der Waals surface area contributed by atoms with Crippen LogP contribution in [0.25, 0.3) is 0 Å². The maximum Gasteiger partial charge on any atom is 0.354 e. The first-order valence-corrected chi connectivity index (χ1v) is 6.10. The molecule has 0 saturated heterocycles. The van der Waals surface area contributed by atoms with Crippen LogP contribution in [0.5, 0.6) is 0 Å². The fourth-order valence-electron chi connectivity index (χ4n) is 1.85. The molecule has 3 heteroatoms. The Labute approximate surface area is 112 Å². The van der Waals surface area contributed by atoms with Crippen molar-refractivity contribution in [3.8, 4) is 0 Å². The van der Waals surface area contributed by atoms with Crippen molar-refractivity contribution in [2.75, 3.05) is 0 Å². The largest absolute Gasteiger partial charge is 0.477 e. The van der Waals surface area contributed by atoms with Gasteiger partial charge in [-0.25, -0.2) is 4.79 Å². The average Bonchev–Trinajstić information content (AvgIpc) is 2.46. The molecule has 2 aromatic carbocycles. The second-order valence-electron chi connectivity index (χ2n) is 4.24. The third-order valence-corrected chi connectivity index (χ3v) is 2.85. The molecule has 0 aliphatic rings. The third kappa shape index (κ3) is 3.28. The minimum absolute atomic E-state index is 0.0944. The number of carboxylic acids is 1. The molecule has 0 spiro atoms. The Kier molecular flexibility index (Phi) is 4.08. The number of aliphatic carboxylic acids is 1. The lowest BCUT2D eigenvalue weighted by atomic mass is 10.1. The van der Waals surface area contributed by atoms with Crippen molar-refractivity contribution in [2.45, 2.75) is 13.0 Å². The van der Waals surface area contributed by atoms with E-state index in [0.717, 1.165) is 5.56 Å². The SMILES string of the molecule is C[C@@H](N=C(C(=O)O)c1ccccc1)c1ccccc1. The molecule has 0 radical (unpaired) electrons. The van der Waals surface area contributed by atoms with Crippen molar-refractivity contribution < 1.29 is 9.90 Å². The number of nitrogens with zero attached hydrogens (tertiary/aromatic N) is 1. The van der Waals surface area contributed by atoms with Gasteiger partial charge < -0.3 is 5.11 Å². The molecule has 0 amide bonds. The molecular weight excluding hydrogens is 238 g/mol. The number of hydrogen-bond donors (Lipinski definition) is 1. The van der Waals surface area contributed by atoms with Crippen molar-refractivity contribution in [3.63, 3.8) is 0 Å². The molecule has 0 aliphatic heterocycles. The van der Waals surface area contributed by atoms with Gasteiger partial charge in [0.05, 0.1) is 6.04 Å². The van der Waals surface area contributed by atoms with Gasteiger partial charge in [-0.2, -0.15) is 0 Å². The molecule has 0 bridgehead atoms. The lowest BCUT2D eigenvalue weighted by Crippen LogP contribution is -2.15. The predicted molar refractivity (Wildman–Crippen MR) is 75.5 cm³/mol. The molecule has 2 rings (SSSR count). The van der Waals surface area contributed by atoms with Gasteiger partial charge in [0.2, 0.25) is 0 Å². The van der Waals surface area contributed by atoms with Crippen LogP contribution in [0.15, 0.2) is 65.7 Å². The lowest BCUT2D eigenvalue weighted by Gasteiger charge is -2.09. The molecule has 96 valence electrons. The van der Waals surface area contributed by atoms with E-state index in [-0.39, 0.29) is 11.8 Å². The first kappa shape index (κ1) is 13.0. The van der Waals surface area contributed by atoms with Crippen molar-refractivity contribution in [1.29, 1.82) is 0 Å². The molecule has 3 nitrogen and oxygen atoms in total. The Hall–Kier alpha value is -2.42. The van der Waals surface area contributed by atoms with Crippen LogP contribution in [-0.2, 0) is 4.79 Å². The Bertz CT molecular complexity index is 576. The van der Waals surface area contributed by atoms with Gasteiger partial charge in [-0.3, -0.25) is 4.99 Å². The van der Waals surface area contributed by atoms with Crippen LogP contribution >= 0.6 is 0 Å². The minimum Gasteiger partial charge on any atom is -0.477 e. The summed E-state index contributed by atoms with van der Waals surface area (Å²) in [4.78, 5) is 15.7. The highest BCUT2D eigenvalue weighted by Gasteiger charge is 2.14. The van der Waals surface area contributed by atoms with Crippen LogP contribution in [0.3, 0.4) is 0 Å². The molecule has 2 aromatic rings. The molecule has 0 fully saturated rings. The Morgan fingerprint density at radius 3 is 2.05 bits per heavy atom. The van der Waals surface area contributed by atoms with Gasteiger partial charge in [0.15, 0.2) is 5.71 Å². The molecule has 0 aromatic heterocycles. The maximum absolute atomic E-state index is 11.3. The van der Waals surface area contributed by atoms with E-state index >= 15 is 0 Å². The fourth-order valence-corrected chi connectivity index (χ4v) is 1.85. The van der Waals surface area contributed by atoms with E-state index in [9.17, 15) is 9.90 Å². The monoisotopic (exact) mass is 253 g/mol. The van der Waals surface area contributed by atoms with E-state index in [4.69, 9.17) is 0 Å². The van der Waals surface area contributed by atoms with Crippen molar-refractivity contribution in [3.05, 3.63) is 71.8 Å². The number of rotatable bonds is 4. The van der Waals surface area contributed by atoms with E-state index in [2.05, 4.69) is 4.99 Å². The minimum atomic E-state index is -1.01. The summed E-state index contributed by atoms with van der Waals surface area (Å²) in [6, 6.07) is 18.4. The Balaban J connectivity index is 2.35. The number of aliphatic imine (C=N–C) groups is 1. The molecule has 0 unspecified atom stereocenters. The lowest BCUT2D eigenvalue weighted by molar-refractivity contribution is -0.129. The summed E-state index contributed by atoms with van der Waals surface area (Å²) >= 11 is 0. The summed E-state index contributed by atoms with van der Waals surface area (Å²) < 4.78 is 0. The summed E-state index contributed by atoms with van der Waals surface area (Å²) in [6.07, 6.45) is 0. The summed E-state index contributed by atoms with van der Waals surface area (Å²) in [7, 11) is 0. The smallest absolute Gasteiger partial charge is 0.354 e. The van der Waals surface area contributed by atoms with Gasteiger partial charge in [0.1, 0.15) is 0 Å². The fraction of sp³-hybridized carbons (Fsp3) is 0.125. The maximum atomic E-state index is 11.3. The van der Waals surface area contributed by atoms with Gasteiger partial charge >= 0.3 is 5.97 Å². The van der Waals surface area contributed by atoms with Gasteiger partial charge in [0.25, 0.3) is 0 Å². The number of hydrogen-bond acceptors (Lipinski definition) is 2. The Morgan fingerprint density at radius 2 is 1.53 bits per heavy atom. The van der Waals surface area contributed by atoms with Crippen LogP contribution in [0.1, 0.15) is 24.1 Å². The van der Waals surface area contributed by atoms with E-state index in [1.807, 2.05) is 43.3 Å². The van der Waals surface area contributed by atoms with E-state index in [1.54, 1.807) is 24.3 Å². The summed E-state index contributed by atoms with van der Waals surface area (Å²) in [5.74, 6) is -1.01. The summed E-state index contributed by atoms with van der Waals surface area (Å²) in [5, 5.41) is 9.29. The molecule has 1 atom stereocenters. The van der Waals surface area contributed by atoms with Crippen LogP contribution in [0.2, 0.25) is 0 Å². The Morgan fingerprint density at radius 1 is 1.00 bits per heavy atom. The first-order valence-electron chi connectivity index (χ1n) is 6.10. The van der Waals surface area contributed by atoms with Gasteiger partial charge in [0, 0.05) is 5.56 Å². The third-order valence-electron chi connectivity index (χ3n) is 2.85. The zero-order chi connectivity index (χ0) is 13.7. The van der Waals surface area contributed by atoms with E-state index in [0.29, 0.717) is 5.56 Å².